The summed E-state index contributed by atoms with van der Waals surface area (Å²) in [6.45, 7) is 0.969. The van der Waals surface area contributed by atoms with Crippen molar-refractivity contribution in [3.63, 3.8) is 0 Å². The number of hydrogen-bond donors (Lipinski definition) is 0. The predicted octanol–water partition coefficient (Wildman–Crippen LogP) is 2.51. The molecule has 1 aliphatic heterocycles. The van der Waals surface area contributed by atoms with Crippen LogP contribution in [0, 0.1) is 0 Å². The highest BCUT2D eigenvalue weighted by atomic mass is 35.5. The average Bonchev–Trinajstić information content (AvgIpc) is 3.04. The van der Waals surface area contributed by atoms with Gasteiger partial charge in [-0.1, -0.05) is 29.8 Å². The molecule has 0 N–H and O–H groups in total. The summed E-state index contributed by atoms with van der Waals surface area (Å²) in [4.78, 5) is 13.0. The molecule has 1 saturated heterocycles. The molecule has 1 aromatic heterocycles. The van der Waals surface area contributed by atoms with Gasteiger partial charge in [-0.05, 0) is 25.0 Å². The van der Waals surface area contributed by atoms with E-state index in [9.17, 15) is 9.18 Å². The molecule has 1 fully saturated rings. The quantitative estimate of drug-likeness (QED) is 0.816. The van der Waals surface area contributed by atoms with Crippen molar-refractivity contribution < 1.29 is 9.18 Å². The van der Waals surface area contributed by atoms with Crippen molar-refractivity contribution in [1.82, 2.24) is 19.7 Å². The summed E-state index contributed by atoms with van der Waals surface area (Å²) in [6, 6.07) is 9.86. The zero-order valence-electron chi connectivity index (χ0n) is 11.9. The molecule has 1 unspecified atom stereocenters. The molecule has 1 aromatic carbocycles. The van der Waals surface area contributed by atoms with E-state index in [4.69, 9.17) is 11.6 Å². The fraction of sp³-hybridized carbons (Fsp3) is 0.400. The van der Waals surface area contributed by atoms with Crippen LogP contribution >= 0.6 is 11.6 Å². The van der Waals surface area contributed by atoms with E-state index in [0.717, 1.165) is 24.4 Å². The Hall–Kier alpha value is -1.95. The maximum absolute atomic E-state index is 12.9. The lowest BCUT2D eigenvalue weighted by Crippen LogP contribution is -2.41. The van der Waals surface area contributed by atoms with Gasteiger partial charge in [0.2, 0.25) is 0 Å². The van der Waals surface area contributed by atoms with Gasteiger partial charge in [-0.25, -0.2) is 4.39 Å². The molecule has 1 aliphatic rings. The number of carbonyl (C=O) groups is 1. The van der Waals surface area contributed by atoms with Crippen LogP contribution in [0.2, 0.25) is 0 Å². The van der Waals surface area contributed by atoms with Crippen LogP contribution in [-0.4, -0.2) is 44.3 Å². The molecule has 0 saturated carbocycles. The molecule has 5 nitrogen and oxygen atoms in total. The highest BCUT2D eigenvalue weighted by Gasteiger charge is 2.29. The number of carbonyl (C=O) groups excluding carboxylic acids is 1. The first-order valence-corrected chi connectivity index (χ1v) is 7.62. The Morgan fingerprint density at radius 2 is 1.95 bits per heavy atom. The van der Waals surface area contributed by atoms with Crippen LogP contribution in [0.5, 0.6) is 0 Å². The summed E-state index contributed by atoms with van der Waals surface area (Å²) in [7, 11) is 0. The molecule has 1 amide bonds. The highest BCUT2D eigenvalue weighted by Crippen LogP contribution is 2.28. The Morgan fingerprint density at radius 3 is 2.59 bits per heavy atom. The minimum absolute atomic E-state index is 0.195. The molecule has 0 bridgehead atoms. The van der Waals surface area contributed by atoms with E-state index in [2.05, 4.69) is 10.2 Å². The third kappa shape index (κ3) is 2.97. The smallest absolute Gasteiger partial charge is 0.272 e. The van der Waals surface area contributed by atoms with E-state index < -0.39 is 11.5 Å². The van der Waals surface area contributed by atoms with Crippen molar-refractivity contribution in [3.8, 4) is 5.69 Å². The van der Waals surface area contributed by atoms with Crippen LogP contribution in [0.3, 0.4) is 0 Å². The number of halogens is 2. The van der Waals surface area contributed by atoms with Gasteiger partial charge in [0.15, 0.2) is 0 Å². The molecule has 0 aliphatic carbocycles. The maximum Gasteiger partial charge on any atom is 0.272 e. The van der Waals surface area contributed by atoms with Crippen molar-refractivity contribution in [2.45, 2.75) is 24.4 Å². The van der Waals surface area contributed by atoms with Gasteiger partial charge >= 0.3 is 0 Å². The topological polar surface area (TPSA) is 51.0 Å². The predicted molar refractivity (Wildman–Crippen MR) is 80.7 cm³/mol. The van der Waals surface area contributed by atoms with Gasteiger partial charge in [0.25, 0.3) is 11.5 Å². The molecule has 0 radical (unpaired) electrons. The number of aromatic nitrogens is 3. The van der Waals surface area contributed by atoms with Gasteiger partial charge in [-0.2, -0.15) is 0 Å². The number of likely N-dealkylation sites (tertiary alicyclic amines) is 1. The third-order valence-corrected chi connectivity index (χ3v) is 4.15. The van der Waals surface area contributed by atoms with E-state index in [0.29, 0.717) is 13.1 Å². The Kier molecular flexibility index (Phi) is 4.38. The number of para-hydroxylation sites is 1. The highest BCUT2D eigenvalue weighted by molar-refractivity contribution is 6.29. The zero-order chi connectivity index (χ0) is 15.5. The third-order valence-electron chi connectivity index (χ3n) is 3.97. The molecule has 2 heterocycles. The SMILES string of the molecule is O=C(C(F)Cl)N1CCC(c2nncn2-c2ccccc2)CC1. The lowest BCUT2D eigenvalue weighted by molar-refractivity contribution is -0.134. The van der Waals surface area contributed by atoms with E-state index in [1.807, 2.05) is 34.9 Å². The van der Waals surface area contributed by atoms with Crippen LogP contribution in [-0.2, 0) is 4.79 Å². The fourth-order valence-corrected chi connectivity index (χ4v) is 2.94. The minimum atomic E-state index is -1.95. The largest absolute Gasteiger partial charge is 0.339 e. The summed E-state index contributed by atoms with van der Waals surface area (Å²) in [5.74, 6) is 0.422. The van der Waals surface area contributed by atoms with Crippen molar-refractivity contribution >= 4 is 17.5 Å². The number of piperidine rings is 1. The first-order chi connectivity index (χ1) is 10.7. The molecule has 2 aromatic rings. The van der Waals surface area contributed by atoms with Gasteiger partial charge in [-0.3, -0.25) is 9.36 Å². The normalized spacial score (nSPS) is 17.5. The van der Waals surface area contributed by atoms with Gasteiger partial charge in [0, 0.05) is 24.7 Å². The number of amides is 1. The van der Waals surface area contributed by atoms with Crippen molar-refractivity contribution in [2.24, 2.45) is 0 Å². The molecule has 1 atom stereocenters. The number of hydrogen-bond acceptors (Lipinski definition) is 3. The number of benzene rings is 1. The standard InChI is InChI=1S/C15H16ClFN4O/c16-13(17)15(22)20-8-6-11(7-9-20)14-19-18-10-21(14)12-4-2-1-3-5-12/h1-5,10-11,13H,6-9H2. The van der Waals surface area contributed by atoms with Crippen LogP contribution in [0.1, 0.15) is 24.6 Å². The number of rotatable bonds is 3. The molecule has 0 spiro atoms. The molecule has 3 rings (SSSR count). The van der Waals surface area contributed by atoms with Gasteiger partial charge in [-0.15, -0.1) is 10.2 Å². The summed E-state index contributed by atoms with van der Waals surface area (Å²) in [6.07, 6.45) is 3.14. The van der Waals surface area contributed by atoms with Gasteiger partial charge in [0.05, 0.1) is 0 Å². The van der Waals surface area contributed by atoms with E-state index in [1.165, 1.54) is 4.90 Å². The van der Waals surface area contributed by atoms with E-state index in [-0.39, 0.29) is 5.92 Å². The lowest BCUT2D eigenvalue weighted by atomic mass is 9.95. The van der Waals surface area contributed by atoms with Crippen LogP contribution in [0.15, 0.2) is 36.7 Å². The van der Waals surface area contributed by atoms with Crippen LogP contribution < -0.4 is 0 Å². The molecular weight excluding hydrogens is 307 g/mol. The summed E-state index contributed by atoms with van der Waals surface area (Å²) in [5.41, 5.74) is -0.949. The summed E-state index contributed by atoms with van der Waals surface area (Å²) in [5, 5.41) is 8.24. The second kappa shape index (κ2) is 6.44. The summed E-state index contributed by atoms with van der Waals surface area (Å²) >= 11 is 5.22. The lowest BCUT2D eigenvalue weighted by Gasteiger charge is -2.31. The monoisotopic (exact) mass is 322 g/mol. The van der Waals surface area contributed by atoms with Gasteiger partial charge < -0.3 is 4.90 Å². The average molecular weight is 323 g/mol. The van der Waals surface area contributed by atoms with E-state index >= 15 is 0 Å². The van der Waals surface area contributed by atoms with Gasteiger partial charge in [0.1, 0.15) is 12.2 Å². The Bertz CT molecular complexity index is 638. The Morgan fingerprint density at radius 1 is 1.27 bits per heavy atom. The van der Waals surface area contributed by atoms with E-state index in [1.54, 1.807) is 6.33 Å². The number of nitrogens with zero attached hydrogens (tertiary/aromatic N) is 4. The second-order valence-electron chi connectivity index (χ2n) is 5.29. The first-order valence-electron chi connectivity index (χ1n) is 7.19. The fourth-order valence-electron chi connectivity index (χ4n) is 2.81. The molecular formula is C15H16ClFN4O. The number of alkyl halides is 2. The molecule has 7 heteroatoms. The summed E-state index contributed by atoms with van der Waals surface area (Å²) < 4.78 is 14.8. The van der Waals surface area contributed by atoms with Crippen molar-refractivity contribution in [2.75, 3.05) is 13.1 Å². The minimum Gasteiger partial charge on any atom is -0.339 e. The Labute approximate surface area is 132 Å². The second-order valence-corrected chi connectivity index (χ2v) is 5.68. The Balaban J connectivity index is 1.73. The van der Waals surface area contributed by atoms with Crippen LogP contribution in [0.25, 0.3) is 5.69 Å². The van der Waals surface area contributed by atoms with Crippen molar-refractivity contribution in [3.05, 3.63) is 42.5 Å². The molecule has 22 heavy (non-hydrogen) atoms. The van der Waals surface area contributed by atoms with Crippen LogP contribution in [0.4, 0.5) is 4.39 Å². The first kappa shape index (κ1) is 15.0. The molecule has 116 valence electrons. The maximum atomic E-state index is 12.9. The zero-order valence-corrected chi connectivity index (χ0v) is 12.7. The van der Waals surface area contributed by atoms with Crippen molar-refractivity contribution in [1.29, 1.82) is 0 Å².